The number of aliphatic hydroxyl groups excluding tert-OH is 3. The van der Waals surface area contributed by atoms with Crippen LogP contribution in [-0.4, -0.2) is 32.7 Å². The molecule has 0 spiro atoms. The second-order valence-corrected chi connectivity index (χ2v) is 4.19. The predicted molar refractivity (Wildman–Crippen MR) is 81.2 cm³/mol. The molecule has 0 unspecified atom stereocenters. The van der Waals surface area contributed by atoms with Gasteiger partial charge < -0.3 is 15.3 Å². The van der Waals surface area contributed by atoms with Gasteiger partial charge in [-0.2, -0.15) is 0 Å². The molecule has 0 aliphatic carbocycles. The summed E-state index contributed by atoms with van der Waals surface area (Å²) in [4.78, 5) is 30.1. The molecule has 6 nitrogen and oxygen atoms in total. The quantitative estimate of drug-likeness (QED) is 0.527. The van der Waals surface area contributed by atoms with Crippen LogP contribution in [0.5, 0.6) is 0 Å². The average Bonchev–Trinajstić information content (AvgIpc) is 2.10. The van der Waals surface area contributed by atoms with Gasteiger partial charge in [-0.1, -0.05) is 0 Å². The van der Waals surface area contributed by atoms with Crippen molar-refractivity contribution in [3.8, 4) is 0 Å². The zero-order valence-electron chi connectivity index (χ0n) is 13.6. The van der Waals surface area contributed by atoms with E-state index in [1.807, 2.05) is 0 Å². The van der Waals surface area contributed by atoms with E-state index in [1.54, 1.807) is 0 Å². The van der Waals surface area contributed by atoms with Gasteiger partial charge in [0.1, 0.15) is 0 Å². The Hall–Kier alpha value is -1.86. The topological polar surface area (TPSA) is 112 Å². The van der Waals surface area contributed by atoms with Gasteiger partial charge in [0.2, 0.25) is 0 Å². The molecular weight excluding hydrogens is 335 g/mol. The van der Waals surface area contributed by atoms with Crippen LogP contribution >= 0.6 is 0 Å². The standard InChI is InChI=1S/3C5H8O2.Co/c3*1-4(6)3-5(2)7;/h3*3,6H,1-2H3;. The minimum absolute atomic E-state index is 0. The summed E-state index contributed by atoms with van der Waals surface area (Å²) < 4.78 is 0. The van der Waals surface area contributed by atoms with Crippen LogP contribution in [0.1, 0.15) is 41.5 Å². The number of carbonyl (C=O) groups excluding carboxylic acids is 3. The number of hydrogen-bond donors (Lipinski definition) is 3. The molecule has 0 aliphatic rings. The normalized spacial score (nSPS) is 10.9. The van der Waals surface area contributed by atoms with Gasteiger partial charge in [-0.3, -0.25) is 14.4 Å². The third kappa shape index (κ3) is 51.8. The third-order valence-corrected chi connectivity index (χ3v) is 1.24. The van der Waals surface area contributed by atoms with Crippen LogP contribution in [0.15, 0.2) is 35.5 Å². The third-order valence-electron chi connectivity index (χ3n) is 1.24. The molecule has 0 fully saturated rings. The number of rotatable bonds is 3. The van der Waals surface area contributed by atoms with Gasteiger partial charge in [-0.25, -0.2) is 0 Å². The van der Waals surface area contributed by atoms with Crippen LogP contribution in [0.25, 0.3) is 0 Å². The van der Waals surface area contributed by atoms with Gasteiger partial charge >= 0.3 is 0 Å². The molecule has 0 rings (SSSR count). The Morgan fingerprint density at radius 3 is 0.682 bits per heavy atom. The molecule has 0 aromatic carbocycles. The molecule has 0 atom stereocenters. The first kappa shape index (κ1) is 28.3. The van der Waals surface area contributed by atoms with Gasteiger partial charge in [0, 0.05) is 35.0 Å². The summed E-state index contributed by atoms with van der Waals surface area (Å²) in [6.45, 7) is 8.54. The Balaban J connectivity index is -0.000000108. The molecule has 0 saturated carbocycles. The van der Waals surface area contributed by atoms with Crippen molar-refractivity contribution in [2.45, 2.75) is 41.5 Å². The first-order valence-electron chi connectivity index (χ1n) is 6.02. The zero-order chi connectivity index (χ0) is 17.6. The van der Waals surface area contributed by atoms with E-state index in [0.717, 1.165) is 0 Å². The summed E-state index contributed by atoms with van der Waals surface area (Å²) in [5, 5.41) is 25.1. The summed E-state index contributed by atoms with van der Waals surface area (Å²) in [5.74, 6) is -0.187. The monoisotopic (exact) mass is 359 g/mol. The largest absolute Gasteiger partial charge is 0.512 e. The van der Waals surface area contributed by atoms with Crippen molar-refractivity contribution < 1.29 is 46.5 Å². The first-order chi connectivity index (χ1) is 9.38. The number of ketones is 3. The molecule has 0 bridgehead atoms. The van der Waals surface area contributed by atoms with Crippen LogP contribution in [0.2, 0.25) is 0 Å². The molecule has 129 valence electrons. The summed E-state index contributed by atoms with van der Waals surface area (Å²) >= 11 is 0. The van der Waals surface area contributed by atoms with Crippen molar-refractivity contribution in [2.75, 3.05) is 0 Å². The minimum atomic E-state index is -0.125. The molecule has 7 heteroatoms. The Kier molecular flexibility index (Phi) is 22.1. The SMILES string of the molecule is CC(=O)C=C(C)O.CC(=O)C=C(C)O.CC(=O)C=C(C)O.[Co]. The fourth-order valence-corrected chi connectivity index (χ4v) is 0.882. The van der Waals surface area contributed by atoms with Crippen molar-refractivity contribution in [2.24, 2.45) is 0 Å². The van der Waals surface area contributed by atoms with Gasteiger partial charge in [0.05, 0.1) is 17.3 Å². The number of carbonyl (C=O) groups is 3. The van der Waals surface area contributed by atoms with Gasteiger partial charge in [-0.15, -0.1) is 0 Å². The van der Waals surface area contributed by atoms with Crippen LogP contribution in [0, 0.1) is 0 Å². The van der Waals surface area contributed by atoms with Crippen LogP contribution in [0.4, 0.5) is 0 Å². The van der Waals surface area contributed by atoms with Crippen molar-refractivity contribution in [1.29, 1.82) is 0 Å². The van der Waals surface area contributed by atoms with E-state index in [0.29, 0.717) is 0 Å². The molecule has 1 radical (unpaired) electrons. The molecule has 0 amide bonds. The number of allylic oxidation sites excluding steroid dienone is 6. The molecule has 0 saturated heterocycles. The van der Waals surface area contributed by atoms with Crippen molar-refractivity contribution in [1.82, 2.24) is 0 Å². The van der Waals surface area contributed by atoms with Crippen molar-refractivity contribution >= 4 is 17.3 Å². The summed E-state index contributed by atoms with van der Waals surface area (Å²) in [6, 6.07) is 0. The summed E-state index contributed by atoms with van der Waals surface area (Å²) in [7, 11) is 0. The van der Waals surface area contributed by atoms with E-state index in [1.165, 1.54) is 59.8 Å². The first-order valence-corrected chi connectivity index (χ1v) is 6.02. The Bertz CT molecular complexity index is 368. The second kappa shape index (κ2) is 17.2. The Labute approximate surface area is 141 Å². The fraction of sp³-hybridized carbons (Fsp3) is 0.400. The van der Waals surface area contributed by atoms with Crippen LogP contribution in [0.3, 0.4) is 0 Å². The molecule has 3 N–H and O–H groups in total. The Morgan fingerprint density at radius 1 is 0.545 bits per heavy atom. The van der Waals surface area contributed by atoms with Gasteiger partial charge in [0.15, 0.2) is 17.3 Å². The molecule has 22 heavy (non-hydrogen) atoms. The van der Waals surface area contributed by atoms with Crippen LogP contribution < -0.4 is 0 Å². The average molecular weight is 359 g/mol. The molecular formula is C15H24CoO6. The molecule has 0 aliphatic heterocycles. The second-order valence-electron chi connectivity index (χ2n) is 4.19. The van der Waals surface area contributed by atoms with E-state index in [4.69, 9.17) is 15.3 Å². The van der Waals surface area contributed by atoms with Crippen LogP contribution in [-0.2, 0) is 31.2 Å². The summed E-state index contributed by atoms with van der Waals surface area (Å²) in [6.07, 6.45) is 3.50. The Morgan fingerprint density at radius 2 is 0.682 bits per heavy atom. The van der Waals surface area contributed by atoms with Crippen molar-refractivity contribution in [3.05, 3.63) is 35.5 Å². The fourth-order valence-electron chi connectivity index (χ4n) is 0.882. The number of aliphatic hydroxyl groups is 3. The van der Waals surface area contributed by atoms with E-state index >= 15 is 0 Å². The van der Waals surface area contributed by atoms with E-state index in [-0.39, 0.29) is 51.4 Å². The van der Waals surface area contributed by atoms with Crippen molar-refractivity contribution in [3.63, 3.8) is 0 Å². The van der Waals surface area contributed by atoms with Gasteiger partial charge in [-0.05, 0) is 41.5 Å². The smallest absolute Gasteiger partial charge is 0.155 e. The van der Waals surface area contributed by atoms with Gasteiger partial charge in [0.25, 0.3) is 0 Å². The zero-order valence-corrected chi connectivity index (χ0v) is 14.7. The maximum Gasteiger partial charge on any atom is 0.155 e. The molecule has 0 aromatic heterocycles. The predicted octanol–water partition coefficient (Wildman–Crippen LogP) is 3.11. The van der Waals surface area contributed by atoms with E-state index < -0.39 is 0 Å². The molecule has 0 aromatic rings. The van der Waals surface area contributed by atoms with E-state index in [9.17, 15) is 14.4 Å². The maximum atomic E-state index is 10.0. The molecule has 0 heterocycles. The van der Waals surface area contributed by atoms with E-state index in [2.05, 4.69) is 0 Å². The number of hydrogen-bond acceptors (Lipinski definition) is 6. The summed E-state index contributed by atoms with van der Waals surface area (Å²) in [5.41, 5.74) is 0. The maximum absolute atomic E-state index is 10.0. The minimum Gasteiger partial charge on any atom is -0.512 e.